The van der Waals surface area contributed by atoms with Crippen molar-refractivity contribution >= 4 is 24.2 Å². The maximum absolute atomic E-state index is 11.7. The summed E-state index contributed by atoms with van der Waals surface area (Å²) in [4.78, 5) is 23.4. The van der Waals surface area contributed by atoms with Crippen LogP contribution >= 0.6 is 0 Å². The van der Waals surface area contributed by atoms with Crippen molar-refractivity contribution in [1.29, 1.82) is 0 Å². The molecule has 0 radical (unpaired) electrons. The number of hydrogen-bond donors (Lipinski definition) is 2. The van der Waals surface area contributed by atoms with Gasteiger partial charge in [-0.3, -0.25) is 9.59 Å². The molecule has 2 amide bonds. The van der Waals surface area contributed by atoms with Gasteiger partial charge in [0.25, 0.3) is 0 Å². The summed E-state index contributed by atoms with van der Waals surface area (Å²) in [6.07, 6.45) is 8.86. The van der Waals surface area contributed by atoms with Gasteiger partial charge in [0.1, 0.15) is 0 Å². The average molecular weight is 356 g/mol. The molecule has 0 aliphatic rings. The highest BCUT2D eigenvalue weighted by Gasteiger charge is 2.03. The zero-order valence-electron chi connectivity index (χ0n) is 15.1. The van der Waals surface area contributed by atoms with E-state index in [0.29, 0.717) is 25.7 Å². The fourth-order valence-corrected chi connectivity index (χ4v) is 2.24. The van der Waals surface area contributed by atoms with Crippen LogP contribution in [0.15, 0.2) is 46.9 Å². The van der Waals surface area contributed by atoms with Crippen molar-refractivity contribution in [2.24, 2.45) is 24.3 Å². The Bertz CT molecular complexity index is 721. The number of rotatable bonds is 9. The SMILES string of the molecule is Cn1cccc1/C=N/NC(=O)CCCCC(=O)N/N=C/c1cccn1C. The molecule has 2 aromatic heterocycles. The third-order valence-corrected chi connectivity index (χ3v) is 3.80. The zero-order valence-corrected chi connectivity index (χ0v) is 15.1. The van der Waals surface area contributed by atoms with Crippen molar-refractivity contribution in [3.63, 3.8) is 0 Å². The number of unbranched alkanes of at least 4 members (excludes halogenated alkanes) is 1. The van der Waals surface area contributed by atoms with Crippen molar-refractivity contribution < 1.29 is 9.59 Å². The van der Waals surface area contributed by atoms with Crippen LogP contribution in [-0.2, 0) is 23.7 Å². The predicted molar refractivity (Wildman–Crippen MR) is 101 cm³/mol. The normalized spacial score (nSPS) is 11.3. The van der Waals surface area contributed by atoms with Gasteiger partial charge in [0.05, 0.1) is 23.8 Å². The Balaban J connectivity index is 1.56. The van der Waals surface area contributed by atoms with Crippen LogP contribution in [0, 0.1) is 0 Å². The number of amides is 2. The molecule has 2 aromatic rings. The Labute approximate surface area is 152 Å². The van der Waals surface area contributed by atoms with Crippen molar-refractivity contribution in [3.05, 3.63) is 48.0 Å². The lowest BCUT2D eigenvalue weighted by Gasteiger charge is -2.01. The molecular weight excluding hydrogens is 332 g/mol. The highest BCUT2D eigenvalue weighted by atomic mass is 16.2. The Morgan fingerprint density at radius 1 is 0.885 bits per heavy atom. The van der Waals surface area contributed by atoms with Crippen molar-refractivity contribution in [3.8, 4) is 0 Å². The van der Waals surface area contributed by atoms with E-state index in [0.717, 1.165) is 11.4 Å². The minimum atomic E-state index is -0.169. The monoisotopic (exact) mass is 356 g/mol. The van der Waals surface area contributed by atoms with Crippen molar-refractivity contribution in [2.75, 3.05) is 0 Å². The molecule has 2 rings (SSSR count). The molecule has 0 atom stereocenters. The molecule has 0 aromatic carbocycles. The number of carbonyl (C=O) groups is 2. The second-order valence-electron chi connectivity index (χ2n) is 5.88. The van der Waals surface area contributed by atoms with Crippen LogP contribution in [0.3, 0.4) is 0 Å². The van der Waals surface area contributed by atoms with Gasteiger partial charge in [0.2, 0.25) is 11.8 Å². The second kappa shape index (κ2) is 9.97. The molecule has 138 valence electrons. The summed E-state index contributed by atoms with van der Waals surface area (Å²) < 4.78 is 3.79. The zero-order chi connectivity index (χ0) is 18.8. The topological polar surface area (TPSA) is 92.8 Å². The van der Waals surface area contributed by atoms with Crippen LogP contribution in [0.25, 0.3) is 0 Å². The van der Waals surface area contributed by atoms with E-state index in [1.165, 1.54) is 0 Å². The highest BCUT2D eigenvalue weighted by molar-refractivity contribution is 5.82. The molecule has 8 nitrogen and oxygen atoms in total. The van der Waals surface area contributed by atoms with Gasteiger partial charge < -0.3 is 9.13 Å². The van der Waals surface area contributed by atoms with Gasteiger partial charge in [0, 0.05) is 39.3 Å². The van der Waals surface area contributed by atoms with Gasteiger partial charge in [-0.2, -0.15) is 10.2 Å². The van der Waals surface area contributed by atoms with Gasteiger partial charge in [-0.05, 0) is 37.1 Å². The molecule has 0 saturated heterocycles. The van der Waals surface area contributed by atoms with E-state index in [1.54, 1.807) is 12.4 Å². The molecule has 26 heavy (non-hydrogen) atoms. The third-order valence-electron chi connectivity index (χ3n) is 3.80. The predicted octanol–water partition coefficient (Wildman–Crippen LogP) is 1.52. The van der Waals surface area contributed by atoms with E-state index in [1.807, 2.05) is 59.9 Å². The van der Waals surface area contributed by atoms with Crippen molar-refractivity contribution in [1.82, 2.24) is 20.0 Å². The number of hydrogen-bond acceptors (Lipinski definition) is 4. The molecule has 2 heterocycles. The Kier molecular flexibility index (Phi) is 7.35. The number of aryl methyl sites for hydroxylation is 2. The largest absolute Gasteiger partial charge is 0.350 e. The summed E-state index contributed by atoms with van der Waals surface area (Å²) in [5, 5.41) is 7.83. The van der Waals surface area contributed by atoms with E-state index in [4.69, 9.17) is 0 Å². The van der Waals surface area contributed by atoms with Crippen LogP contribution in [0.2, 0.25) is 0 Å². The molecule has 0 unspecified atom stereocenters. The lowest BCUT2D eigenvalue weighted by Crippen LogP contribution is -2.19. The lowest BCUT2D eigenvalue weighted by molar-refractivity contribution is -0.123. The van der Waals surface area contributed by atoms with E-state index in [-0.39, 0.29) is 11.8 Å². The summed E-state index contributed by atoms with van der Waals surface area (Å²) >= 11 is 0. The van der Waals surface area contributed by atoms with Gasteiger partial charge >= 0.3 is 0 Å². The van der Waals surface area contributed by atoms with Gasteiger partial charge in [-0.1, -0.05) is 0 Å². The minimum Gasteiger partial charge on any atom is -0.350 e. The molecule has 0 saturated carbocycles. The van der Waals surface area contributed by atoms with Gasteiger partial charge in [-0.25, -0.2) is 10.9 Å². The molecule has 0 aliphatic heterocycles. The van der Waals surface area contributed by atoms with E-state index in [9.17, 15) is 9.59 Å². The minimum absolute atomic E-state index is 0.169. The van der Waals surface area contributed by atoms with Crippen LogP contribution < -0.4 is 10.9 Å². The first kappa shape index (κ1) is 19.2. The summed E-state index contributed by atoms with van der Waals surface area (Å²) in [6.45, 7) is 0. The van der Waals surface area contributed by atoms with E-state index < -0.39 is 0 Å². The number of carbonyl (C=O) groups excluding carboxylic acids is 2. The van der Waals surface area contributed by atoms with Crippen LogP contribution in [0.5, 0.6) is 0 Å². The Morgan fingerprint density at radius 2 is 1.31 bits per heavy atom. The quantitative estimate of drug-likeness (QED) is 0.405. The summed E-state index contributed by atoms with van der Waals surface area (Å²) in [5.74, 6) is -0.338. The second-order valence-corrected chi connectivity index (χ2v) is 5.88. The molecule has 0 spiro atoms. The summed E-state index contributed by atoms with van der Waals surface area (Å²) in [7, 11) is 3.80. The number of hydrazone groups is 2. The van der Waals surface area contributed by atoms with Crippen LogP contribution in [-0.4, -0.2) is 33.4 Å². The summed E-state index contributed by atoms with van der Waals surface area (Å²) in [5.41, 5.74) is 6.77. The average Bonchev–Trinajstić information content (AvgIpc) is 3.20. The molecule has 0 fully saturated rings. The smallest absolute Gasteiger partial charge is 0.240 e. The standard InChI is InChI=1S/C18H24N6O2/c1-23-11-5-7-15(23)13-19-21-17(25)9-3-4-10-18(26)22-20-14-16-8-6-12-24(16)2/h5-8,11-14H,3-4,9-10H2,1-2H3,(H,21,25)(H,22,26)/b19-13+,20-14+. The first-order valence-corrected chi connectivity index (χ1v) is 8.43. The van der Waals surface area contributed by atoms with E-state index in [2.05, 4.69) is 21.1 Å². The fourth-order valence-electron chi connectivity index (χ4n) is 2.24. The molecule has 2 N–H and O–H groups in total. The number of nitrogens with one attached hydrogen (secondary N) is 2. The number of aromatic nitrogens is 2. The third kappa shape index (κ3) is 6.39. The lowest BCUT2D eigenvalue weighted by atomic mass is 10.2. The highest BCUT2D eigenvalue weighted by Crippen LogP contribution is 2.00. The van der Waals surface area contributed by atoms with Crippen LogP contribution in [0.1, 0.15) is 37.1 Å². The van der Waals surface area contributed by atoms with Gasteiger partial charge in [0.15, 0.2) is 0 Å². The molecule has 8 heteroatoms. The maximum Gasteiger partial charge on any atom is 0.240 e. The first-order valence-electron chi connectivity index (χ1n) is 8.43. The molecular formula is C18H24N6O2. The summed E-state index contributed by atoms with van der Waals surface area (Å²) in [6, 6.07) is 7.60. The molecule has 0 bridgehead atoms. The maximum atomic E-state index is 11.7. The van der Waals surface area contributed by atoms with Gasteiger partial charge in [-0.15, -0.1) is 0 Å². The van der Waals surface area contributed by atoms with E-state index >= 15 is 0 Å². The van der Waals surface area contributed by atoms with Crippen LogP contribution in [0.4, 0.5) is 0 Å². The molecule has 0 aliphatic carbocycles. The van der Waals surface area contributed by atoms with Crippen molar-refractivity contribution in [2.45, 2.75) is 25.7 Å². The number of nitrogens with zero attached hydrogens (tertiary/aromatic N) is 4. The fraction of sp³-hybridized carbons (Fsp3) is 0.333. The Hall–Kier alpha value is -3.16. The first-order chi connectivity index (χ1) is 12.6. The Morgan fingerprint density at radius 3 is 1.65 bits per heavy atom.